The third kappa shape index (κ3) is 4.64. The van der Waals surface area contributed by atoms with Gasteiger partial charge in [0.15, 0.2) is 0 Å². The topological polar surface area (TPSA) is 66.9 Å². The lowest BCUT2D eigenvalue weighted by Gasteiger charge is -2.10. The second-order valence-corrected chi connectivity index (χ2v) is 6.47. The number of aromatic nitrogens is 2. The summed E-state index contributed by atoms with van der Waals surface area (Å²) in [6.45, 7) is 2.60. The minimum absolute atomic E-state index is 0.238. The zero-order valence-corrected chi connectivity index (χ0v) is 15.2. The smallest absolute Gasteiger partial charge is 0.274 e. The molecule has 0 aliphatic rings. The van der Waals surface area contributed by atoms with Crippen molar-refractivity contribution in [1.29, 1.82) is 0 Å². The Bertz CT molecular complexity index is 884. The first-order chi connectivity index (χ1) is 12.1. The van der Waals surface area contributed by atoms with Gasteiger partial charge in [0.2, 0.25) is 0 Å². The molecule has 0 aliphatic heterocycles. The predicted molar refractivity (Wildman–Crippen MR) is 103 cm³/mol. The molecule has 0 saturated carbocycles. The van der Waals surface area contributed by atoms with Crippen molar-refractivity contribution in [1.82, 2.24) is 9.97 Å². The molecule has 1 aromatic carbocycles. The number of halogens is 1. The molecule has 0 unspecified atom stereocenters. The molecule has 3 aromatic rings. The van der Waals surface area contributed by atoms with E-state index in [0.29, 0.717) is 12.2 Å². The third-order valence-electron chi connectivity index (χ3n) is 3.68. The minimum Gasteiger partial charge on any atom is -0.381 e. The number of nitrogens with one attached hydrogen (secondary N) is 2. The van der Waals surface area contributed by atoms with Crippen molar-refractivity contribution in [3.8, 4) is 0 Å². The van der Waals surface area contributed by atoms with Crippen LogP contribution in [0.4, 0.5) is 11.4 Å². The lowest BCUT2D eigenvalue weighted by Crippen LogP contribution is -2.14. The number of benzene rings is 1. The Labute approximate surface area is 154 Å². The van der Waals surface area contributed by atoms with E-state index in [-0.39, 0.29) is 5.91 Å². The van der Waals surface area contributed by atoms with Crippen molar-refractivity contribution in [3.63, 3.8) is 0 Å². The van der Waals surface area contributed by atoms with Gasteiger partial charge in [0.05, 0.1) is 0 Å². The van der Waals surface area contributed by atoms with Crippen molar-refractivity contribution >= 4 is 33.2 Å². The molecule has 0 aliphatic carbocycles. The van der Waals surface area contributed by atoms with Gasteiger partial charge in [0.25, 0.3) is 5.91 Å². The van der Waals surface area contributed by atoms with Crippen LogP contribution in [0.3, 0.4) is 0 Å². The Morgan fingerprint density at radius 1 is 1.08 bits per heavy atom. The van der Waals surface area contributed by atoms with Crippen molar-refractivity contribution < 1.29 is 4.79 Å². The van der Waals surface area contributed by atoms with Gasteiger partial charge in [-0.3, -0.25) is 14.8 Å². The molecule has 0 bridgehead atoms. The quantitative estimate of drug-likeness (QED) is 0.669. The summed E-state index contributed by atoms with van der Waals surface area (Å²) in [4.78, 5) is 20.6. The predicted octanol–water partition coefficient (Wildman–Crippen LogP) is 4.41. The Morgan fingerprint density at radius 3 is 2.64 bits per heavy atom. The lowest BCUT2D eigenvalue weighted by molar-refractivity contribution is 0.102. The van der Waals surface area contributed by atoms with E-state index in [1.54, 1.807) is 24.7 Å². The molecule has 25 heavy (non-hydrogen) atoms. The number of rotatable bonds is 5. The maximum absolute atomic E-state index is 12.5. The molecule has 2 N–H and O–H groups in total. The average Bonchev–Trinajstić information content (AvgIpc) is 2.63. The summed E-state index contributed by atoms with van der Waals surface area (Å²) in [6, 6.07) is 13.2. The van der Waals surface area contributed by atoms with Crippen LogP contribution in [0.1, 0.15) is 21.6 Å². The molecule has 0 radical (unpaired) electrons. The van der Waals surface area contributed by atoms with Gasteiger partial charge in [-0.25, -0.2) is 0 Å². The Kier molecular flexibility index (Phi) is 5.40. The fourth-order valence-electron chi connectivity index (χ4n) is 2.32. The molecule has 2 heterocycles. The van der Waals surface area contributed by atoms with E-state index in [1.165, 1.54) is 0 Å². The summed E-state index contributed by atoms with van der Waals surface area (Å²) in [6.07, 6.45) is 5.13. The van der Waals surface area contributed by atoms with E-state index in [4.69, 9.17) is 0 Å². The van der Waals surface area contributed by atoms with E-state index < -0.39 is 0 Å². The van der Waals surface area contributed by atoms with Gasteiger partial charge >= 0.3 is 0 Å². The van der Waals surface area contributed by atoms with Crippen LogP contribution in [0.25, 0.3) is 0 Å². The molecule has 6 heteroatoms. The summed E-state index contributed by atoms with van der Waals surface area (Å²) < 4.78 is 0.975. The van der Waals surface area contributed by atoms with Crippen LogP contribution in [0.5, 0.6) is 0 Å². The molecule has 0 spiro atoms. The Hall–Kier alpha value is -2.73. The van der Waals surface area contributed by atoms with Crippen LogP contribution >= 0.6 is 15.9 Å². The van der Waals surface area contributed by atoms with Gasteiger partial charge < -0.3 is 10.6 Å². The average molecular weight is 397 g/mol. The number of pyridine rings is 2. The van der Waals surface area contributed by atoms with Crippen molar-refractivity contribution in [2.75, 3.05) is 10.6 Å². The second-order valence-electron chi connectivity index (χ2n) is 5.55. The standard InChI is InChI=1S/C19H17BrN4O/c1-13-10-15(20)2-3-17(13)24-19(25)18-11-16(6-9-22-18)23-12-14-4-7-21-8-5-14/h2-11H,12H2,1H3,(H,22,23)(H,24,25). The highest BCUT2D eigenvalue weighted by atomic mass is 79.9. The monoisotopic (exact) mass is 396 g/mol. The number of carbonyl (C=O) groups excluding carboxylic acids is 1. The molecular formula is C19H17BrN4O. The third-order valence-corrected chi connectivity index (χ3v) is 4.17. The zero-order chi connectivity index (χ0) is 17.6. The molecule has 0 fully saturated rings. The van der Waals surface area contributed by atoms with E-state index in [0.717, 1.165) is 27.0 Å². The first kappa shape index (κ1) is 17.1. The molecular weight excluding hydrogens is 380 g/mol. The van der Waals surface area contributed by atoms with Crippen molar-refractivity contribution in [2.24, 2.45) is 0 Å². The van der Waals surface area contributed by atoms with E-state index >= 15 is 0 Å². The highest BCUT2D eigenvalue weighted by Crippen LogP contribution is 2.21. The Morgan fingerprint density at radius 2 is 1.88 bits per heavy atom. The van der Waals surface area contributed by atoms with Crippen molar-refractivity contribution in [2.45, 2.75) is 13.5 Å². The molecule has 0 atom stereocenters. The number of hydrogen-bond donors (Lipinski definition) is 2. The van der Waals surface area contributed by atoms with Crippen LogP contribution in [0, 0.1) is 6.92 Å². The summed E-state index contributed by atoms with van der Waals surface area (Å²) in [5.74, 6) is -0.238. The van der Waals surface area contributed by atoms with Gasteiger partial charge in [-0.05, 0) is 60.5 Å². The number of nitrogens with zero attached hydrogens (tertiary/aromatic N) is 2. The molecule has 2 aromatic heterocycles. The first-order valence-corrected chi connectivity index (χ1v) is 8.57. The first-order valence-electron chi connectivity index (χ1n) is 7.78. The number of aryl methyl sites for hydroxylation is 1. The van der Waals surface area contributed by atoms with E-state index in [2.05, 4.69) is 36.5 Å². The molecule has 0 saturated heterocycles. The second kappa shape index (κ2) is 7.90. The minimum atomic E-state index is -0.238. The van der Waals surface area contributed by atoms with Crippen LogP contribution < -0.4 is 10.6 Å². The normalized spacial score (nSPS) is 10.3. The fourth-order valence-corrected chi connectivity index (χ4v) is 2.80. The van der Waals surface area contributed by atoms with Gasteiger partial charge in [-0.1, -0.05) is 15.9 Å². The zero-order valence-electron chi connectivity index (χ0n) is 13.7. The SMILES string of the molecule is Cc1cc(Br)ccc1NC(=O)c1cc(NCc2ccncc2)ccn1. The maximum atomic E-state index is 12.5. The summed E-state index contributed by atoms with van der Waals surface area (Å²) in [5.41, 5.74) is 4.06. The number of hydrogen-bond acceptors (Lipinski definition) is 4. The summed E-state index contributed by atoms with van der Waals surface area (Å²) in [7, 11) is 0. The number of anilines is 2. The van der Waals surface area contributed by atoms with Gasteiger partial charge in [0.1, 0.15) is 5.69 Å². The lowest BCUT2D eigenvalue weighted by atomic mass is 10.2. The van der Waals surface area contributed by atoms with E-state index in [1.807, 2.05) is 43.3 Å². The largest absolute Gasteiger partial charge is 0.381 e. The summed E-state index contributed by atoms with van der Waals surface area (Å²) >= 11 is 3.42. The Balaban J connectivity index is 1.69. The molecule has 5 nitrogen and oxygen atoms in total. The van der Waals surface area contributed by atoms with Crippen LogP contribution in [0.2, 0.25) is 0 Å². The van der Waals surface area contributed by atoms with Crippen LogP contribution in [0.15, 0.2) is 65.5 Å². The maximum Gasteiger partial charge on any atom is 0.274 e. The highest BCUT2D eigenvalue weighted by molar-refractivity contribution is 9.10. The number of carbonyl (C=O) groups is 1. The van der Waals surface area contributed by atoms with Crippen LogP contribution in [-0.2, 0) is 6.54 Å². The molecule has 3 rings (SSSR count). The highest BCUT2D eigenvalue weighted by Gasteiger charge is 2.10. The van der Waals surface area contributed by atoms with Gasteiger partial charge in [0, 0.05) is 41.0 Å². The van der Waals surface area contributed by atoms with Crippen molar-refractivity contribution in [3.05, 3.63) is 82.3 Å². The van der Waals surface area contributed by atoms with Gasteiger partial charge in [-0.2, -0.15) is 0 Å². The molecule has 126 valence electrons. The van der Waals surface area contributed by atoms with Gasteiger partial charge in [-0.15, -0.1) is 0 Å². The summed E-state index contributed by atoms with van der Waals surface area (Å²) in [5, 5.41) is 6.18. The fraction of sp³-hybridized carbons (Fsp3) is 0.105. The van der Waals surface area contributed by atoms with Crippen LogP contribution in [-0.4, -0.2) is 15.9 Å². The van der Waals surface area contributed by atoms with E-state index in [9.17, 15) is 4.79 Å². The number of amides is 1. The molecule has 1 amide bonds.